The number of benzene rings is 1. The number of amides is 2. The van der Waals surface area contributed by atoms with Gasteiger partial charge < -0.3 is 10.6 Å². The third kappa shape index (κ3) is 4.19. The van der Waals surface area contributed by atoms with Crippen LogP contribution in [0.5, 0.6) is 0 Å². The average molecular weight is 317 g/mol. The van der Waals surface area contributed by atoms with Crippen molar-refractivity contribution >= 4 is 17.5 Å². The summed E-state index contributed by atoms with van der Waals surface area (Å²) in [4.78, 5) is 27.7. The van der Waals surface area contributed by atoms with Gasteiger partial charge in [0.1, 0.15) is 11.6 Å². The number of hydrogen-bond acceptors (Lipinski definition) is 3. The van der Waals surface area contributed by atoms with Crippen LogP contribution in [0, 0.1) is 11.6 Å². The van der Waals surface area contributed by atoms with E-state index in [9.17, 15) is 18.4 Å². The summed E-state index contributed by atoms with van der Waals surface area (Å²) >= 11 is 0. The van der Waals surface area contributed by atoms with Crippen molar-refractivity contribution in [2.75, 3.05) is 11.9 Å². The van der Waals surface area contributed by atoms with Gasteiger partial charge in [-0.1, -0.05) is 6.08 Å². The second-order valence-corrected chi connectivity index (χ2v) is 4.54. The lowest BCUT2D eigenvalue weighted by atomic mass is 10.1. The number of nitrogens with one attached hydrogen (secondary N) is 2. The quantitative estimate of drug-likeness (QED) is 0.833. The zero-order valence-corrected chi connectivity index (χ0v) is 12.0. The van der Waals surface area contributed by atoms with Crippen molar-refractivity contribution in [2.45, 2.75) is 0 Å². The lowest BCUT2D eigenvalue weighted by Gasteiger charge is -2.07. The fourth-order valence-corrected chi connectivity index (χ4v) is 1.74. The van der Waals surface area contributed by atoms with Crippen molar-refractivity contribution in [1.29, 1.82) is 0 Å². The van der Waals surface area contributed by atoms with E-state index >= 15 is 0 Å². The van der Waals surface area contributed by atoms with Gasteiger partial charge in [0.25, 0.3) is 11.8 Å². The molecular formula is C16H13F2N3O2. The second kappa shape index (κ2) is 7.26. The van der Waals surface area contributed by atoms with Crippen molar-refractivity contribution in [3.8, 4) is 0 Å². The van der Waals surface area contributed by atoms with Crippen LogP contribution in [0.25, 0.3) is 0 Å². The summed E-state index contributed by atoms with van der Waals surface area (Å²) in [6.45, 7) is 3.75. The van der Waals surface area contributed by atoms with Crippen LogP contribution in [0.1, 0.15) is 20.7 Å². The fraction of sp³-hybridized carbons (Fsp3) is 0.0625. The van der Waals surface area contributed by atoms with Crippen molar-refractivity contribution < 1.29 is 18.4 Å². The molecule has 118 valence electrons. The Labute approximate surface area is 131 Å². The van der Waals surface area contributed by atoms with Crippen molar-refractivity contribution in [2.24, 2.45) is 0 Å². The summed E-state index contributed by atoms with van der Waals surface area (Å²) in [7, 11) is 0. The standard InChI is InChI=1S/C16H13F2N3O2/c1-2-5-20-15(22)10-6-11(9-19-8-10)16(23)21-14-4-3-12(17)7-13(14)18/h2-4,6-9H,1,5H2,(H,20,22)(H,21,23). The minimum absolute atomic E-state index is 0.0694. The van der Waals surface area contributed by atoms with Crippen LogP contribution in [0.3, 0.4) is 0 Å². The van der Waals surface area contributed by atoms with E-state index in [1.54, 1.807) is 0 Å². The van der Waals surface area contributed by atoms with Crippen LogP contribution >= 0.6 is 0 Å². The molecule has 1 aromatic heterocycles. The molecule has 2 N–H and O–H groups in total. The van der Waals surface area contributed by atoms with Crippen molar-refractivity contribution in [3.63, 3.8) is 0 Å². The second-order valence-electron chi connectivity index (χ2n) is 4.54. The van der Waals surface area contributed by atoms with Gasteiger partial charge in [-0.25, -0.2) is 8.78 Å². The highest BCUT2D eigenvalue weighted by Gasteiger charge is 2.13. The van der Waals surface area contributed by atoms with Gasteiger partial charge in [-0.3, -0.25) is 14.6 Å². The number of carbonyl (C=O) groups is 2. The minimum Gasteiger partial charge on any atom is -0.349 e. The largest absolute Gasteiger partial charge is 0.349 e. The van der Waals surface area contributed by atoms with Crippen LogP contribution in [-0.2, 0) is 0 Å². The molecule has 0 bridgehead atoms. The Morgan fingerprint density at radius 1 is 1.13 bits per heavy atom. The Kier molecular flexibility index (Phi) is 5.14. The minimum atomic E-state index is -0.897. The molecule has 0 aliphatic heterocycles. The van der Waals surface area contributed by atoms with Gasteiger partial charge >= 0.3 is 0 Å². The zero-order valence-electron chi connectivity index (χ0n) is 12.0. The van der Waals surface area contributed by atoms with E-state index < -0.39 is 23.4 Å². The number of halogens is 2. The van der Waals surface area contributed by atoms with Gasteiger partial charge in [-0.15, -0.1) is 6.58 Å². The molecule has 2 rings (SSSR count). The van der Waals surface area contributed by atoms with Crippen LogP contribution in [0.2, 0.25) is 0 Å². The Morgan fingerprint density at radius 3 is 2.48 bits per heavy atom. The van der Waals surface area contributed by atoms with Crippen molar-refractivity contribution in [1.82, 2.24) is 10.3 Å². The fourth-order valence-electron chi connectivity index (χ4n) is 1.74. The highest BCUT2D eigenvalue weighted by molar-refractivity contribution is 6.05. The van der Waals surface area contributed by atoms with E-state index in [1.807, 2.05) is 0 Å². The molecule has 0 fully saturated rings. The molecule has 0 unspecified atom stereocenters. The Balaban J connectivity index is 2.16. The number of carbonyl (C=O) groups excluding carboxylic acids is 2. The molecule has 2 aromatic rings. The summed E-state index contributed by atoms with van der Waals surface area (Å²) in [6, 6.07) is 4.11. The monoisotopic (exact) mass is 317 g/mol. The first-order valence-corrected chi connectivity index (χ1v) is 6.62. The van der Waals surface area contributed by atoms with Crippen LogP contribution in [0.15, 0.2) is 49.3 Å². The van der Waals surface area contributed by atoms with E-state index in [0.29, 0.717) is 6.07 Å². The summed E-state index contributed by atoms with van der Waals surface area (Å²) in [5.41, 5.74) is 0.0805. The summed E-state index contributed by atoms with van der Waals surface area (Å²) < 4.78 is 26.4. The zero-order chi connectivity index (χ0) is 16.8. The van der Waals surface area contributed by atoms with E-state index in [1.165, 1.54) is 24.5 Å². The molecule has 0 aliphatic rings. The molecule has 0 saturated heterocycles. The predicted octanol–water partition coefficient (Wildman–Crippen LogP) is 2.53. The van der Waals surface area contributed by atoms with Gasteiger partial charge in [0.15, 0.2) is 0 Å². The summed E-state index contributed by atoms with van der Waals surface area (Å²) in [5.74, 6) is -2.73. The molecule has 1 heterocycles. The Morgan fingerprint density at radius 2 is 1.83 bits per heavy atom. The highest BCUT2D eigenvalue weighted by Crippen LogP contribution is 2.16. The first kappa shape index (κ1) is 16.3. The lowest BCUT2D eigenvalue weighted by Crippen LogP contribution is -2.24. The first-order valence-electron chi connectivity index (χ1n) is 6.62. The molecule has 0 atom stereocenters. The number of aromatic nitrogens is 1. The van der Waals surface area contributed by atoms with Gasteiger partial charge in [0.05, 0.1) is 16.8 Å². The predicted molar refractivity (Wildman–Crippen MR) is 81.1 cm³/mol. The molecule has 0 aliphatic carbocycles. The maximum atomic E-state index is 13.5. The third-order valence-electron chi connectivity index (χ3n) is 2.85. The molecular weight excluding hydrogens is 304 g/mol. The summed E-state index contributed by atoms with van der Waals surface area (Å²) in [6.07, 6.45) is 4.05. The smallest absolute Gasteiger partial charge is 0.257 e. The maximum Gasteiger partial charge on any atom is 0.257 e. The van der Waals surface area contributed by atoms with E-state index in [0.717, 1.165) is 12.1 Å². The topological polar surface area (TPSA) is 71.1 Å². The Hall–Kier alpha value is -3.09. The number of nitrogens with zero attached hydrogens (tertiary/aromatic N) is 1. The lowest BCUT2D eigenvalue weighted by molar-refractivity contribution is 0.0957. The maximum absolute atomic E-state index is 13.5. The van der Waals surface area contributed by atoms with Gasteiger partial charge in [-0.05, 0) is 18.2 Å². The molecule has 0 spiro atoms. The van der Waals surface area contributed by atoms with Gasteiger partial charge in [0.2, 0.25) is 0 Å². The van der Waals surface area contributed by atoms with Gasteiger partial charge in [-0.2, -0.15) is 0 Å². The SMILES string of the molecule is C=CCNC(=O)c1cncc(C(=O)Nc2ccc(F)cc2F)c1. The third-order valence-corrected chi connectivity index (χ3v) is 2.85. The number of hydrogen-bond donors (Lipinski definition) is 2. The molecule has 7 heteroatoms. The van der Waals surface area contributed by atoms with Crippen LogP contribution in [-0.4, -0.2) is 23.3 Å². The molecule has 5 nitrogen and oxygen atoms in total. The van der Waals surface area contributed by atoms with E-state index in [-0.39, 0.29) is 23.4 Å². The molecule has 2 amide bonds. The van der Waals surface area contributed by atoms with E-state index in [4.69, 9.17) is 0 Å². The van der Waals surface area contributed by atoms with E-state index in [2.05, 4.69) is 22.2 Å². The summed E-state index contributed by atoms with van der Waals surface area (Å²) in [5, 5.41) is 4.84. The number of rotatable bonds is 5. The van der Waals surface area contributed by atoms with Crippen LogP contribution in [0.4, 0.5) is 14.5 Å². The Bertz CT molecular complexity index is 763. The normalized spacial score (nSPS) is 10.0. The number of pyridine rings is 1. The average Bonchev–Trinajstić information content (AvgIpc) is 2.55. The van der Waals surface area contributed by atoms with Gasteiger partial charge in [0, 0.05) is 25.0 Å². The molecule has 23 heavy (non-hydrogen) atoms. The van der Waals surface area contributed by atoms with Crippen LogP contribution < -0.4 is 10.6 Å². The van der Waals surface area contributed by atoms with Crippen molar-refractivity contribution in [3.05, 3.63) is 72.1 Å². The molecule has 0 radical (unpaired) electrons. The molecule has 0 saturated carbocycles. The molecule has 1 aromatic carbocycles. The first-order chi connectivity index (χ1) is 11.0. The highest BCUT2D eigenvalue weighted by atomic mass is 19.1. The number of anilines is 1.